The van der Waals surface area contributed by atoms with Gasteiger partial charge in [0.05, 0.1) is 0 Å². The van der Waals surface area contributed by atoms with Crippen LogP contribution in [0.3, 0.4) is 0 Å². The van der Waals surface area contributed by atoms with E-state index in [2.05, 4.69) is 10.4 Å². The third kappa shape index (κ3) is 6.19. The van der Waals surface area contributed by atoms with Gasteiger partial charge in [-0.2, -0.15) is 0 Å². The maximum Gasteiger partial charge on any atom is 0.341 e. The number of nitrogens with zero attached hydrogens (tertiary/aromatic N) is 2. The van der Waals surface area contributed by atoms with Gasteiger partial charge < -0.3 is 20.9 Å². The fourth-order valence-electron chi connectivity index (χ4n) is 1.36. The Hall–Kier alpha value is -2.84. The Morgan fingerprint density at radius 1 is 1.45 bits per heavy atom. The van der Waals surface area contributed by atoms with Gasteiger partial charge in [0.25, 0.3) is 5.96 Å². The summed E-state index contributed by atoms with van der Waals surface area (Å²) in [6.07, 6.45) is 0.577. The monoisotopic (exact) mass is 282 g/mol. The summed E-state index contributed by atoms with van der Waals surface area (Å²) in [6.45, 7) is -0.00665. The highest BCUT2D eigenvalue weighted by molar-refractivity contribution is 5.77. The Labute approximate surface area is 114 Å². The quantitative estimate of drug-likeness (QED) is 0.272. The first-order chi connectivity index (χ1) is 9.47. The van der Waals surface area contributed by atoms with E-state index in [0.717, 1.165) is 5.56 Å². The zero-order valence-electron chi connectivity index (χ0n) is 10.5. The second-order valence-corrected chi connectivity index (χ2v) is 3.73. The van der Waals surface area contributed by atoms with E-state index in [1.165, 1.54) is 0 Å². The summed E-state index contributed by atoms with van der Waals surface area (Å²) in [4.78, 5) is 20.3. The third-order valence-corrected chi connectivity index (χ3v) is 2.19. The molecule has 0 aromatic heterocycles. The van der Waals surface area contributed by atoms with Gasteiger partial charge in [0.2, 0.25) is 0 Å². The molecule has 0 radical (unpaired) electrons. The predicted octanol–water partition coefficient (Wildman–Crippen LogP) is -0.211. The summed E-state index contributed by atoms with van der Waals surface area (Å²) < 4.78 is 4.98. The number of carboxylic acids is 1. The van der Waals surface area contributed by atoms with Crippen molar-refractivity contribution in [1.29, 1.82) is 0 Å². The molecule has 0 unspecified atom stereocenters. The van der Waals surface area contributed by atoms with Gasteiger partial charge in [-0.3, -0.25) is 0 Å². The standard InChI is InChI=1S/C11H14N4O5/c12-11(14-15(18)19)13-6-5-8-1-3-9(4-2-8)20-7-10(16)17/h1-4H,5-7H2,(H,16,17)(H3,12,13,14). The van der Waals surface area contributed by atoms with Gasteiger partial charge >= 0.3 is 5.97 Å². The average molecular weight is 282 g/mol. The molecule has 1 aromatic rings. The lowest BCUT2D eigenvalue weighted by molar-refractivity contribution is -0.485. The maximum absolute atomic E-state index is 10.3. The topological polar surface area (TPSA) is 140 Å². The maximum atomic E-state index is 10.3. The molecule has 0 aliphatic rings. The normalized spacial score (nSPS) is 10.9. The lowest BCUT2D eigenvalue weighted by Crippen LogP contribution is -2.33. The molecule has 0 aliphatic heterocycles. The number of nitrogens with one attached hydrogen (secondary N) is 1. The number of hydrogen-bond donors (Lipinski definition) is 3. The van der Waals surface area contributed by atoms with Gasteiger partial charge in [0, 0.05) is 6.54 Å². The molecule has 0 saturated carbocycles. The van der Waals surface area contributed by atoms with E-state index in [0.29, 0.717) is 18.7 Å². The molecule has 1 rings (SSSR count). The van der Waals surface area contributed by atoms with Gasteiger partial charge in [-0.25, -0.2) is 14.9 Å². The summed E-state index contributed by atoms with van der Waals surface area (Å²) >= 11 is 0. The molecule has 0 heterocycles. The van der Waals surface area contributed by atoms with Crippen LogP contribution in [-0.2, 0) is 11.2 Å². The van der Waals surface area contributed by atoms with Crippen LogP contribution in [0.25, 0.3) is 0 Å². The lowest BCUT2D eigenvalue weighted by Gasteiger charge is -2.06. The molecule has 4 N–H and O–H groups in total. The number of nitrogens with two attached hydrogens (primary N) is 1. The smallest absolute Gasteiger partial charge is 0.341 e. The van der Waals surface area contributed by atoms with Crippen LogP contribution < -0.4 is 15.8 Å². The summed E-state index contributed by atoms with van der Waals surface area (Å²) in [5.74, 6) is -0.839. The number of carboxylic acid groups (broad SMARTS) is 1. The average Bonchev–Trinajstić information content (AvgIpc) is 2.37. The number of guanidine groups is 1. The van der Waals surface area contributed by atoms with Crippen molar-refractivity contribution in [2.24, 2.45) is 10.8 Å². The van der Waals surface area contributed by atoms with Crippen LogP contribution in [0.1, 0.15) is 5.56 Å². The minimum atomic E-state index is -1.04. The van der Waals surface area contributed by atoms with E-state index in [9.17, 15) is 14.9 Å². The second kappa shape index (κ2) is 7.56. The Morgan fingerprint density at radius 3 is 2.65 bits per heavy atom. The molecule has 0 atom stereocenters. The Bertz CT molecular complexity index is 500. The van der Waals surface area contributed by atoms with Crippen molar-refractivity contribution in [2.45, 2.75) is 6.42 Å². The van der Waals surface area contributed by atoms with Crippen LogP contribution in [0.15, 0.2) is 29.4 Å². The number of carbonyl (C=O) groups is 1. The van der Waals surface area contributed by atoms with Crippen molar-refractivity contribution in [3.8, 4) is 5.75 Å². The Kier molecular flexibility index (Phi) is 5.75. The minimum absolute atomic E-state index is 0.253. The molecule has 108 valence electrons. The molecule has 0 fully saturated rings. The van der Waals surface area contributed by atoms with Gasteiger partial charge in [-0.15, -0.1) is 0 Å². The van der Waals surface area contributed by atoms with Crippen LogP contribution in [0.4, 0.5) is 0 Å². The molecule has 0 saturated heterocycles. The fraction of sp³-hybridized carbons (Fsp3) is 0.273. The van der Waals surface area contributed by atoms with Crippen molar-refractivity contribution >= 4 is 11.9 Å². The number of aliphatic carboxylic acids is 1. The second-order valence-electron chi connectivity index (χ2n) is 3.73. The minimum Gasteiger partial charge on any atom is -0.482 e. The zero-order chi connectivity index (χ0) is 15.0. The number of benzene rings is 1. The van der Waals surface area contributed by atoms with Crippen molar-refractivity contribution in [3.63, 3.8) is 0 Å². The van der Waals surface area contributed by atoms with Crippen molar-refractivity contribution in [1.82, 2.24) is 5.32 Å². The van der Waals surface area contributed by atoms with Gasteiger partial charge in [0.1, 0.15) is 10.9 Å². The molecular formula is C11H14N4O5. The van der Waals surface area contributed by atoms with Crippen LogP contribution in [0.2, 0.25) is 0 Å². The number of hydrazone groups is 1. The van der Waals surface area contributed by atoms with Crippen LogP contribution in [-0.4, -0.2) is 35.2 Å². The van der Waals surface area contributed by atoms with E-state index < -0.39 is 17.6 Å². The first kappa shape index (κ1) is 15.2. The molecule has 0 amide bonds. The SMILES string of the molecule is NC(=N[N+](=O)[O-])NCCc1ccc(OCC(=O)O)cc1. The van der Waals surface area contributed by atoms with Crippen LogP contribution in [0.5, 0.6) is 5.75 Å². The molecule has 1 aromatic carbocycles. The molecule has 0 spiro atoms. The molecule has 0 aliphatic carbocycles. The Balaban J connectivity index is 2.38. The highest BCUT2D eigenvalue weighted by Gasteiger charge is 2.01. The summed E-state index contributed by atoms with van der Waals surface area (Å²) in [6, 6.07) is 6.82. The van der Waals surface area contributed by atoms with E-state index in [4.69, 9.17) is 15.6 Å². The molecule has 20 heavy (non-hydrogen) atoms. The summed E-state index contributed by atoms with van der Waals surface area (Å²) in [5.41, 5.74) is 6.19. The van der Waals surface area contributed by atoms with Gasteiger partial charge in [-0.1, -0.05) is 12.1 Å². The van der Waals surface area contributed by atoms with Crippen LogP contribution in [0, 0.1) is 10.1 Å². The van der Waals surface area contributed by atoms with Crippen molar-refractivity contribution < 1.29 is 19.7 Å². The zero-order valence-corrected chi connectivity index (χ0v) is 10.5. The number of ether oxygens (including phenoxy) is 1. The van der Waals surface area contributed by atoms with E-state index >= 15 is 0 Å². The first-order valence-corrected chi connectivity index (χ1v) is 5.63. The number of nitro groups is 1. The van der Waals surface area contributed by atoms with Crippen molar-refractivity contribution in [3.05, 3.63) is 39.9 Å². The van der Waals surface area contributed by atoms with E-state index in [1.807, 2.05) is 0 Å². The molecular weight excluding hydrogens is 268 g/mol. The van der Waals surface area contributed by atoms with Crippen LogP contribution >= 0.6 is 0 Å². The number of rotatable bonds is 7. The van der Waals surface area contributed by atoms with E-state index in [-0.39, 0.29) is 5.96 Å². The highest BCUT2D eigenvalue weighted by atomic mass is 16.7. The molecule has 9 nitrogen and oxygen atoms in total. The first-order valence-electron chi connectivity index (χ1n) is 5.63. The fourth-order valence-corrected chi connectivity index (χ4v) is 1.36. The predicted molar refractivity (Wildman–Crippen MR) is 69.9 cm³/mol. The lowest BCUT2D eigenvalue weighted by atomic mass is 10.1. The van der Waals surface area contributed by atoms with Gasteiger partial charge in [0.15, 0.2) is 11.6 Å². The summed E-state index contributed by atoms with van der Waals surface area (Å²) in [7, 11) is 0. The summed E-state index contributed by atoms with van der Waals surface area (Å²) in [5, 5.41) is 23.1. The highest BCUT2D eigenvalue weighted by Crippen LogP contribution is 2.12. The Morgan fingerprint density at radius 2 is 2.10 bits per heavy atom. The number of hydrogen-bond acceptors (Lipinski definition) is 4. The van der Waals surface area contributed by atoms with Gasteiger partial charge in [-0.05, 0) is 24.1 Å². The van der Waals surface area contributed by atoms with E-state index in [1.54, 1.807) is 24.3 Å². The third-order valence-electron chi connectivity index (χ3n) is 2.19. The molecule has 9 heteroatoms. The van der Waals surface area contributed by atoms with Crippen molar-refractivity contribution in [2.75, 3.05) is 13.2 Å². The molecule has 0 bridgehead atoms. The largest absolute Gasteiger partial charge is 0.482 e.